The lowest BCUT2D eigenvalue weighted by Crippen LogP contribution is -2.34. The van der Waals surface area contributed by atoms with Crippen molar-refractivity contribution in [3.8, 4) is 11.5 Å². The maximum atomic E-state index is 14.0. The Bertz CT molecular complexity index is 495. The predicted octanol–water partition coefficient (Wildman–Crippen LogP) is 3.61. The zero-order valence-corrected chi connectivity index (χ0v) is 12.0. The molecule has 0 aromatic heterocycles. The summed E-state index contributed by atoms with van der Waals surface area (Å²) in [5, 5.41) is 0. The predicted molar refractivity (Wildman–Crippen MR) is 75.9 cm³/mol. The van der Waals surface area contributed by atoms with Crippen LogP contribution in [0.4, 0.5) is 4.39 Å². The van der Waals surface area contributed by atoms with E-state index in [1.165, 1.54) is 0 Å². The van der Waals surface area contributed by atoms with Crippen molar-refractivity contribution in [1.29, 1.82) is 0 Å². The summed E-state index contributed by atoms with van der Waals surface area (Å²) >= 11 is 0. The third-order valence-corrected chi connectivity index (χ3v) is 4.38. The first-order valence-electron chi connectivity index (χ1n) is 7.47. The van der Waals surface area contributed by atoms with Gasteiger partial charge < -0.3 is 15.2 Å². The molecule has 1 atom stereocenters. The summed E-state index contributed by atoms with van der Waals surface area (Å²) in [5.74, 6) is 1.35. The summed E-state index contributed by atoms with van der Waals surface area (Å²) in [4.78, 5) is 0. The molecule has 1 saturated carbocycles. The second kappa shape index (κ2) is 5.24. The van der Waals surface area contributed by atoms with Crippen molar-refractivity contribution in [1.82, 2.24) is 0 Å². The summed E-state index contributed by atoms with van der Waals surface area (Å²) in [6.07, 6.45) is 3.82. The molecule has 4 heteroatoms. The van der Waals surface area contributed by atoms with E-state index in [1.54, 1.807) is 13.0 Å². The maximum absolute atomic E-state index is 14.0. The second-order valence-corrected chi connectivity index (χ2v) is 5.92. The lowest BCUT2D eigenvalue weighted by atomic mass is 9.84. The molecule has 1 fully saturated rings. The highest BCUT2D eigenvalue weighted by Crippen LogP contribution is 2.44. The standard InChI is InChI=1S/C16H22FNO2/c1-11(17)12-9-14-15(20-8-4-7-19-14)10-13(12)16(18)5-2-3-6-16/h9-11H,2-8,18H2,1H3. The van der Waals surface area contributed by atoms with Gasteiger partial charge in [0.25, 0.3) is 0 Å². The van der Waals surface area contributed by atoms with E-state index in [1.807, 2.05) is 6.07 Å². The van der Waals surface area contributed by atoms with Gasteiger partial charge in [-0.1, -0.05) is 12.8 Å². The number of alkyl halides is 1. The normalized spacial score (nSPS) is 22.4. The van der Waals surface area contributed by atoms with Crippen LogP contribution in [-0.4, -0.2) is 13.2 Å². The van der Waals surface area contributed by atoms with Gasteiger partial charge in [0.05, 0.1) is 13.2 Å². The molecule has 1 aliphatic heterocycles. The summed E-state index contributed by atoms with van der Waals surface area (Å²) in [6.45, 7) is 2.80. The van der Waals surface area contributed by atoms with Crippen LogP contribution in [0.2, 0.25) is 0 Å². The van der Waals surface area contributed by atoms with Crippen molar-refractivity contribution >= 4 is 0 Å². The van der Waals surface area contributed by atoms with Gasteiger partial charge in [-0.3, -0.25) is 0 Å². The Morgan fingerprint density at radius 3 is 2.30 bits per heavy atom. The molecule has 3 nitrogen and oxygen atoms in total. The van der Waals surface area contributed by atoms with Gasteiger partial charge in [0, 0.05) is 12.0 Å². The lowest BCUT2D eigenvalue weighted by molar-refractivity contribution is 0.296. The summed E-state index contributed by atoms with van der Waals surface area (Å²) in [7, 11) is 0. The number of hydrogen-bond donors (Lipinski definition) is 1. The first-order chi connectivity index (χ1) is 9.60. The molecule has 1 aromatic carbocycles. The van der Waals surface area contributed by atoms with Gasteiger partial charge in [-0.15, -0.1) is 0 Å². The molecule has 0 spiro atoms. The number of benzene rings is 1. The van der Waals surface area contributed by atoms with Gasteiger partial charge >= 0.3 is 0 Å². The van der Waals surface area contributed by atoms with Crippen molar-refractivity contribution in [2.45, 2.75) is 50.7 Å². The van der Waals surface area contributed by atoms with Gasteiger partial charge in [0.1, 0.15) is 6.17 Å². The van der Waals surface area contributed by atoms with E-state index < -0.39 is 11.7 Å². The van der Waals surface area contributed by atoms with E-state index in [9.17, 15) is 4.39 Å². The van der Waals surface area contributed by atoms with E-state index in [-0.39, 0.29) is 0 Å². The Hall–Kier alpha value is -1.29. The molecule has 2 N–H and O–H groups in total. The average molecular weight is 279 g/mol. The second-order valence-electron chi connectivity index (χ2n) is 5.92. The summed E-state index contributed by atoms with van der Waals surface area (Å²) < 4.78 is 25.4. The fourth-order valence-electron chi connectivity index (χ4n) is 3.26. The van der Waals surface area contributed by atoms with Crippen LogP contribution in [0.3, 0.4) is 0 Å². The molecule has 1 aromatic rings. The van der Waals surface area contributed by atoms with Crippen LogP contribution in [0.1, 0.15) is 56.3 Å². The first kappa shape index (κ1) is 13.7. The molecule has 20 heavy (non-hydrogen) atoms. The topological polar surface area (TPSA) is 44.5 Å². The number of rotatable bonds is 2. The van der Waals surface area contributed by atoms with Gasteiger partial charge in [-0.05, 0) is 43.0 Å². The molecule has 0 radical (unpaired) electrons. The van der Waals surface area contributed by atoms with Crippen molar-refractivity contribution in [3.63, 3.8) is 0 Å². The minimum absolute atomic E-state index is 0.416. The minimum Gasteiger partial charge on any atom is -0.490 e. The van der Waals surface area contributed by atoms with E-state index in [0.29, 0.717) is 30.3 Å². The minimum atomic E-state index is -1.05. The van der Waals surface area contributed by atoms with Crippen LogP contribution in [0, 0.1) is 0 Å². The monoisotopic (exact) mass is 279 g/mol. The fourth-order valence-corrected chi connectivity index (χ4v) is 3.26. The van der Waals surface area contributed by atoms with Gasteiger partial charge in [-0.2, -0.15) is 0 Å². The Labute approximate surface area is 119 Å². The van der Waals surface area contributed by atoms with Crippen LogP contribution in [0.25, 0.3) is 0 Å². The van der Waals surface area contributed by atoms with Crippen molar-refractivity contribution in [3.05, 3.63) is 23.3 Å². The molecular formula is C16H22FNO2. The molecule has 1 heterocycles. The van der Waals surface area contributed by atoms with Crippen LogP contribution < -0.4 is 15.2 Å². The molecule has 3 rings (SSSR count). The van der Waals surface area contributed by atoms with Crippen molar-refractivity contribution in [2.75, 3.05) is 13.2 Å². The van der Waals surface area contributed by atoms with Gasteiger partial charge in [0.2, 0.25) is 0 Å². The molecule has 1 unspecified atom stereocenters. The third-order valence-electron chi connectivity index (χ3n) is 4.38. The van der Waals surface area contributed by atoms with Crippen molar-refractivity contribution < 1.29 is 13.9 Å². The number of fused-ring (bicyclic) bond motifs is 1. The molecule has 0 amide bonds. The number of nitrogens with two attached hydrogens (primary N) is 1. The zero-order valence-electron chi connectivity index (χ0n) is 12.0. The van der Waals surface area contributed by atoms with E-state index in [4.69, 9.17) is 15.2 Å². The van der Waals surface area contributed by atoms with Crippen LogP contribution in [-0.2, 0) is 5.54 Å². The van der Waals surface area contributed by atoms with E-state index in [2.05, 4.69) is 0 Å². The largest absolute Gasteiger partial charge is 0.490 e. The fraction of sp³-hybridized carbons (Fsp3) is 0.625. The van der Waals surface area contributed by atoms with Crippen LogP contribution in [0.5, 0.6) is 11.5 Å². The number of halogens is 1. The highest BCUT2D eigenvalue weighted by atomic mass is 19.1. The highest BCUT2D eigenvalue weighted by molar-refractivity contribution is 5.51. The first-order valence-corrected chi connectivity index (χ1v) is 7.47. The Morgan fingerprint density at radius 1 is 1.10 bits per heavy atom. The summed E-state index contributed by atoms with van der Waals surface area (Å²) in [5.41, 5.74) is 7.66. The molecule has 2 aliphatic rings. The average Bonchev–Trinajstić information content (AvgIpc) is 2.74. The maximum Gasteiger partial charge on any atom is 0.161 e. The quantitative estimate of drug-likeness (QED) is 0.899. The number of ether oxygens (including phenoxy) is 2. The molecular weight excluding hydrogens is 257 g/mol. The Kier molecular flexibility index (Phi) is 3.59. The van der Waals surface area contributed by atoms with Crippen LogP contribution in [0.15, 0.2) is 12.1 Å². The van der Waals surface area contributed by atoms with Gasteiger partial charge in [-0.25, -0.2) is 4.39 Å². The van der Waals surface area contributed by atoms with E-state index >= 15 is 0 Å². The SMILES string of the molecule is CC(F)c1cc2c(cc1C1(N)CCCC1)OCCCO2. The van der Waals surface area contributed by atoms with Gasteiger partial charge in [0.15, 0.2) is 11.5 Å². The smallest absolute Gasteiger partial charge is 0.161 e. The van der Waals surface area contributed by atoms with Crippen LogP contribution >= 0.6 is 0 Å². The molecule has 1 aliphatic carbocycles. The highest BCUT2D eigenvalue weighted by Gasteiger charge is 2.35. The summed E-state index contributed by atoms with van der Waals surface area (Å²) in [6, 6.07) is 3.70. The molecule has 110 valence electrons. The van der Waals surface area contributed by atoms with E-state index in [0.717, 1.165) is 37.7 Å². The molecule has 0 saturated heterocycles. The van der Waals surface area contributed by atoms with Crippen molar-refractivity contribution in [2.24, 2.45) is 5.73 Å². The Morgan fingerprint density at radius 2 is 1.70 bits per heavy atom. The third kappa shape index (κ3) is 2.37. The molecule has 0 bridgehead atoms. The number of hydrogen-bond acceptors (Lipinski definition) is 3. The Balaban J connectivity index is 2.09. The zero-order chi connectivity index (χ0) is 14.2. The lowest BCUT2D eigenvalue weighted by Gasteiger charge is -2.28.